The molecule has 0 amide bonds. The van der Waals surface area contributed by atoms with Crippen LogP contribution in [-0.2, 0) is 10.0 Å². The van der Waals surface area contributed by atoms with Gasteiger partial charge in [0.15, 0.2) is 0 Å². The first-order valence-corrected chi connectivity index (χ1v) is 12.5. The molecule has 1 aliphatic rings. The number of benzene rings is 2. The second-order valence-electron chi connectivity index (χ2n) is 8.01. The van der Waals surface area contributed by atoms with Crippen LogP contribution < -0.4 is 25.6 Å². The van der Waals surface area contributed by atoms with Crippen molar-refractivity contribution < 1.29 is 8.42 Å². The summed E-state index contributed by atoms with van der Waals surface area (Å²) in [5, 5.41) is 11.9. The van der Waals surface area contributed by atoms with Crippen molar-refractivity contribution in [2.24, 2.45) is 0 Å². The zero-order valence-corrected chi connectivity index (χ0v) is 25.6. The van der Waals surface area contributed by atoms with Crippen LogP contribution >= 0.6 is 62.0 Å². The lowest BCUT2D eigenvalue weighted by atomic mass is 10.1. The lowest BCUT2D eigenvalue weighted by Gasteiger charge is -2.24. The van der Waals surface area contributed by atoms with Gasteiger partial charge in [0.05, 0.1) is 4.90 Å². The third-order valence-electron chi connectivity index (χ3n) is 5.52. The highest BCUT2D eigenvalue weighted by molar-refractivity contribution is 7.89. The molecule has 2 aromatic rings. The highest BCUT2D eigenvalue weighted by atomic mass is 35.5. The van der Waals surface area contributed by atoms with Gasteiger partial charge < -0.3 is 20.9 Å². The zero-order chi connectivity index (χ0) is 22.1. The maximum absolute atomic E-state index is 13.1. The van der Waals surface area contributed by atoms with Gasteiger partial charge in [-0.25, -0.2) is 13.1 Å². The Hall–Kier alpha value is -0.300. The third kappa shape index (κ3) is 12.0. The predicted octanol–water partition coefficient (Wildman–Crippen LogP) is 2.38. The topological polar surface area (TPSA) is 88.7 Å². The molecule has 0 bridgehead atoms. The molecule has 1 heterocycles. The van der Waals surface area contributed by atoms with Gasteiger partial charge in [0.1, 0.15) is 0 Å². The first-order valence-electron chi connectivity index (χ1n) is 11.0. The molecule has 0 aromatic heterocycles. The highest BCUT2D eigenvalue weighted by Crippen LogP contribution is 2.29. The van der Waals surface area contributed by atoms with E-state index in [0.29, 0.717) is 18.0 Å². The van der Waals surface area contributed by atoms with Crippen molar-refractivity contribution in [3.63, 3.8) is 0 Å². The second kappa shape index (κ2) is 20.6. The van der Waals surface area contributed by atoms with Crippen molar-refractivity contribution >= 4 is 88.5 Å². The molecule has 0 spiro atoms. The van der Waals surface area contributed by atoms with E-state index in [1.807, 2.05) is 49.3 Å². The first kappa shape index (κ1) is 40.2. The SMILES string of the molecule is CN(C)c1cccc2c(S(=O)(=O)NCCN3CCNCCNCCNCC3)cccc12.Cl.Cl.Cl.Cl.Cl. The molecular weight excluding hydrogens is 590 g/mol. The molecule has 0 saturated carbocycles. The van der Waals surface area contributed by atoms with Gasteiger partial charge in [0.25, 0.3) is 0 Å². The summed E-state index contributed by atoms with van der Waals surface area (Å²) in [5.74, 6) is 0. The molecule has 3 rings (SSSR count). The number of hydrogen-bond acceptors (Lipinski definition) is 7. The van der Waals surface area contributed by atoms with E-state index in [9.17, 15) is 8.42 Å². The van der Waals surface area contributed by atoms with Gasteiger partial charge in [-0.05, 0) is 12.1 Å². The second-order valence-corrected chi connectivity index (χ2v) is 9.75. The summed E-state index contributed by atoms with van der Waals surface area (Å²) in [5.41, 5.74) is 1.00. The highest BCUT2D eigenvalue weighted by Gasteiger charge is 2.18. The molecule has 14 heteroatoms. The fourth-order valence-corrected chi connectivity index (χ4v) is 5.08. The quantitative estimate of drug-likeness (QED) is 0.390. The smallest absolute Gasteiger partial charge is 0.241 e. The molecule has 0 radical (unpaired) electrons. The number of anilines is 1. The van der Waals surface area contributed by atoms with E-state index in [-0.39, 0.29) is 62.0 Å². The maximum atomic E-state index is 13.1. The molecular formula is C22H41Cl5N6O2S. The fourth-order valence-electron chi connectivity index (χ4n) is 3.84. The number of sulfonamides is 1. The Morgan fingerprint density at radius 3 is 1.83 bits per heavy atom. The van der Waals surface area contributed by atoms with E-state index in [4.69, 9.17) is 0 Å². The maximum Gasteiger partial charge on any atom is 0.241 e. The lowest BCUT2D eigenvalue weighted by Crippen LogP contribution is -2.44. The number of rotatable bonds is 6. The summed E-state index contributed by atoms with van der Waals surface area (Å²) in [6.07, 6.45) is 0. The summed E-state index contributed by atoms with van der Waals surface area (Å²) in [4.78, 5) is 4.63. The Bertz CT molecular complexity index is 944. The molecule has 0 aliphatic carbocycles. The van der Waals surface area contributed by atoms with Crippen LogP contribution in [0.2, 0.25) is 0 Å². The zero-order valence-electron chi connectivity index (χ0n) is 20.7. The van der Waals surface area contributed by atoms with E-state index < -0.39 is 10.0 Å². The van der Waals surface area contributed by atoms with Gasteiger partial charge in [-0.3, -0.25) is 4.90 Å². The van der Waals surface area contributed by atoms with Gasteiger partial charge in [-0.1, -0.05) is 24.3 Å². The van der Waals surface area contributed by atoms with Crippen LogP contribution in [0, 0.1) is 0 Å². The standard InChI is InChI=1S/C22H36N6O2S.5ClH/c1-27(2)21-7-3-6-20-19(21)5-4-8-22(20)31(29,30)26-15-18-28-16-13-24-11-9-23-10-12-25-14-17-28;;;;;/h3-8,23-26H,9-18H2,1-2H3;5*1H. The van der Waals surface area contributed by atoms with Crippen LogP contribution in [0.25, 0.3) is 10.8 Å². The van der Waals surface area contributed by atoms with Crippen molar-refractivity contribution in [1.82, 2.24) is 25.6 Å². The lowest BCUT2D eigenvalue weighted by molar-refractivity contribution is 0.275. The Morgan fingerprint density at radius 1 is 0.778 bits per heavy atom. The van der Waals surface area contributed by atoms with Gasteiger partial charge in [0, 0.05) is 96.0 Å². The van der Waals surface area contributed by atoms with Crippen molar-refractivity contribution in [2.75, 3.05) is 84.4 Å². The van der Waals surface area contributed by atoms with Gasteiger partial charge in [-0.2, -0.15) is 0 Å². The van der Waals surface area contributed by atoms with Crippen molar-refractivity contribution in [3.05, 3.63) is 36.4 Å². The van der Waals surface area contributed by atoms with Gasteiger partial charge in [-0.15, -0.1) is 62.0 Å². The third-order valence-corrected chi connectivity index (χ3v) is 7.04. The van der Waals surface area contributed by atoms with Crippen molar-refractivity contribution in [2.45, 2.75) is 4.90 Å². The minimum atomic E-state index is -3.60. The number of fused-ring (bicyclic) bond motifs is 1. The molecule has 8 nitrogen and oxygen atoms in total. The Balaban J connectivity index is -0.00000218. The molecule has 0 unspecified atom stereocenters. The summed E-state index contributed by atoms with van der Waals surface area (Å²) in [6, 6.07) is 11.2. The Morgan fingerprint density at radius 2 is 1.28 bits per heavy atom. The predicted molar refractivity (Wildman–Crippen MR) is 165 cm³/mol. The van der Waals surface area contributed by atoms with Crippen molar-refractivity contribution in [1.29, 1.82) is 0 Å². The minimum Gasteiger partial charge on any atom is -0.377 e. The molecule has 1 aliphatic heterocycles. The van der Waals surface area contributed by atoms with E-state index in [0.717, 1.165) is 68.8 Å². The summed E-state index contributed by atoms with van der Waals surface area (Å²) in [6.45, 7) is 8.43. The van der Waals surface area contributed by atoms with E-state index >= 15 is 0 Å². The number of nitrogens with one attached hydrogen (secondary N) is 4. The molecule has 0 atom stereocenters. The average Bonchev–Trinajstić information content (AvgIpc) is 2.74. The van der Waals surface area contributed by atoms with Crippen LogP contribution in [-0.4, -0.2) is 92.9 Å². The molecule has 212 valence electrons. The van der Waals surface area contributed by atoms with Gasteiger partial charge >= 0.3 is 0 Å². The van der Waals surface area contributed by atoms with Crippen LogP contribution in [0.3, 0.4) is 0 Å². The van der Waals surface area contributed by atoms with E-state index in [1.54, 1.807) is 6.07 Å². The summed E-state index contributed by atoms with van der Waals surface area (Å²) >= 11 is 0. The van der Waals surface area contributed by atoms with Crippen LogP contribution in [0.5, 0.6) is 0 Å². The largest absolute Gasteiger partial charge is 0.377 e. The Kier molecular flexibility index (Phi) is 23.0. The number of hydrogen-bond donors (Lipinski definition) is 4. The normalized spacial score (nSPS) is 15.3. The average molecular weight is 631 g/mol. The molecule has 2 aromatic carbocycles. The molecule has 1 fully saturated rings. The minimum absolute atomic E-state index is 0. The van der Waals surface area contributed by atoms with E-state index in [1.165, 1.54) is 0 Å². The van der Waals surface area contributed by atoms with Crippen LogP contribution in [0.4, 0.5) is 5.69 Å². The van der Waals surface area contributed by atoms with E-state index in [2.05, 4.69) is 25.6 Å². The Labute approximate surface area is 247 Å². The summed E-state index contributed by atoms with van der Waals surface area (Å²) < 4.78 is 29.0. The molecule has 36 heavy (non-hydrogen) atoms. The monoisotopic (exact) mass is 628 g/mol. The molecule has 4 N–H and O–H groups in total. The molecule has 1 saturated heterocycles. The number of halogens is 5. The first-order chi connectivity index (χ1) is 15.0. The van der Waals surface area contributed by atoms with Crippen LogP contribution in [0.1, 0.15) is 0 Å². The van der Waals surface area contributed by atoms with Crippen molar-refractivity contribution in [3.8, 4) is 0 Å². The number of nitrogens with zero attached hydrogens (tertiary/aromatic N) is 2. The van der Waals surface area contributed by atoms with Gasteiger partial charge in [0.2, 0.25) is 10.0 Å². The fraction of sp³-hybridized carbons (Fsp3) is 0.545. The summed E-state index contributed by atoms with van der Waals surface area (Å²) in [7, 11) is 0.323. The van der Waals surface area contributed by atoms with Crippen LogP contribution in [0.15, 0.2) is 41.3 Å².